The number of benzene rings is 1. The average Bonchev–Trinajstić information content (AvgIpc) is 2.65. The summed E-state index contributed by atoms with van der Waals surface area (Å²) in [6, 6.07) is 11.1. The smallest absolute Gasteiger partial charge is 0.198 e. The predicted octanol–water partition coefficient (Wildman–Crippen LogP) is 4.18. The molecule has 0 N–H and O–H groups in total. The van der Waals surface area contributed by atoms with E-state index < -0.39 is 5.79 Å². The van der Waals surface area contributed by atoms with Crippen LogP contribution in [-0.4, -0.2) is 38.3 Å². The molecule has 0 amide bonds. The highest BCUT2D eigenvalue weighted by molar-refractivity contribution is 5.22. The molecule has 2 atom stereocenters. The van der Waals surface area contributed by atoms with Crippen LogP contribution in [0.2, 0.25) is 0 Å². The van der Waals surface area contributed by atoms with E-state index in [0.717, 1.165) is 5.56 Å². The van der Waals surface area contributed by atoms with E-state index in [4.69, 9.17) is 9.47 Å². The second-order valence-corrected chi connectivity index (χ2v) is 7.00. The molecule has 3 heteroatoms. The topological polar surface area (TPSA) is 21.7 Å². The van der Waals surface area contributed by atoms with Crippen molar-refractivity contribution in [3.8, 4) is 0 Å². The summed E-state index contributed by atoms with van der Waals surface area (Å²) in [4.78, 5) is 2.71. The van der Waals surface area contributed by atoms with Gasteiger partial charge in [-0.15, -0.1) is 0 Å². The van der Waals surface area contributed by atoms with E-state index in [0.29, 0.717) is 12.0 Å². The predicted molar refractivity (Wildman–Crippen MR) is 93.3 cm³/mol. The third-order valence-corrected chi connectivity index (χ3v) is 5.86. The molecule has 1 aromatic carbocycles. The SMILES string of the molecule is COC(OC)(c1ccccc1)C1CCCCC1N1CCCCC1. The highest BCUT2D eigenvalue weighted by Gasteiger charge is 2.47. The van der Waals surface area contributed by atoms with Crippen LogP contribution in [0.4, 0.5) is 0 Å². The van der Waals surface area contributed by atoms with Gasteiger partial charge in [-0.05, 0) is 38.8 Å². The highest BCUT2D eigenvalue weighted by atomic mass is 16.7. The van der Waals surface area contributed by atoms with Crippen LogP contribution in [0.1, 0.15) is 50.5 Å². The summed E-state index contributed by atoms with van der Waals surface area (Å²) in [6.45, 7) is 2.47. The molecule has 2 fully saturated rings. The Labute approximate surface area is 141 Å². The first-order chi connectivity index (χ1) is 11.3. The molecule has 1 aromatic rings. The summed E-state index contributed by atoms with van der Waals surface area (Å²) in [6.07, 6.45) is 9.10. The van der Waals surface area contributed by atoms with Gasteiger partial charge in [-0.1, -0.05) is 49.6 Å². The van der Waals surface area contributed by atoms with Crippen molar-refractivity contribution in [1.29, 1.82) is 0 Å². The number of rotatable bonds is 5. The Kier molecular flexibility index (Phi) is 5.73. The van der Waals surface area contributed by atoms with Crippen LogP contribution in [0.5, 0.6) is 0 Å². The number of likely N-dealkylation sites (tertiary alicyclic amines) is 1. The van der Waals surface area contributed by atoms with Crippen LogP contribution >= 0.6 is 0 Å². The van der Waals surface area contributed by atoms with Crippen LogP contribution in [-0.2, 0) is 15.3 Å². The van der Waals surface area contributed by atoms with Gasteiger partial charge in [0, 0.05) is 31.7 Å². The van der Waals surface area contributed by atoms with Gasteiger partial charge in [-0.3, -0.25) is 4.90 Å². The Morgan fingerprint density at radius 3 is 2.17 bits per heavy atom. The van der Waals surface area contributed by atoms with Gasteiger partial charge in [0.05, 0.1) is 0 Å². The summed E-state index contributed by atoms with van der Waals surface area (Å²) < 4.78 is 12.2. The minimum absolute atomic E-state index is 0.395. The molecule has 1 heterocycles. The molecule has 128 valence electrons. The molecule has 0 radical (unpaired) electrons. The molecule has 3 nitrogen and oxygen atoms in total. The Morgan fingerprint density at radius 2 is 1.52 bits per heavy atom. The quantitative estimate of drug-likeness (QED) is 0.761. The van der Waals surface area contributed by atoms with Crippen LogP contribution in [0.15, 0.2) is 30.3 Å². The van der Waals surface area contributed by atoms with Gasteiger partial charge in [0.25, 0.3) is 0 Å². The second kappa shape index (κ2) is 7.78. The van der Waals surface area contributed by atoms with Crippen molar-refractivity contribution in [3.05, 3.63) is 35.9 Å². The molecular weight excluding hydrogens is 286 g/mol. The van der Waals surface area contributed by atoms with Crippen molar-refractivity contribution in [1.82, 2.24) is 4.90 Å². The van der Waals surface area contributed by atoms with Gasteiger partial charge < -0.3 is 9.47 Å². The lowest BCUT2D eigenvalue weighted by Crippen LogP contribution is -2.54. The van der Waals surface area contributed by atoms with Gasteiger partial charge >= 0.3 is 0 Å². The number of piperidine rings is 1. The molecule has 1 aliphatic carbocycles. The molecule has 2 unspecified atom stereocenters. The molecule has 1 saturated carbocycles. The Morgan fingerprint density at radius 1 is 0.870 bits per heavy atom. The molecule has 1 aliphatic heterocycles. The van der Waals surface area contributed by atoms with Crippen molar-refractivity contribution in [2.45, 2.75) is 56.8 Å². The third kappa shape index (κ3) is 3.33. The number of methoxy groups -OCH3 is 2. The molecule has 2 aliphatic rings. The molecule has 1 saturated heterocycles. The Hall–Kier alpha value is -0.900. The standard InChI is InChI=1S/C20H31NO2/c1-22-20(23-2,17-11-5-3-6-12-17)18-13-7-8-14-19(18)21-15-9-4-10-16-21/h3,5-6,11-12,18-19H,4,7-10,13-16H2,1-2H3. The first-order valence-electron chi connectivity index (χ1n) is 9.21. The summed E-state index contributed by atoms with van der Waals surface area (Å²) >= 11 is 0. The largest absolute Gasteiger partial charge is 0.349 e. The number of hydrogen-bond acceptors (Lipinski definition) is 3. The van der Waals surface area contributed by atoms with E-state index in [1.807, 2.05) is 0 Å². The fourth-order valence-electron chi connectivity index (χ4n) is 4.75. The average molecular weight is 317 g/mol. The summed E-state index contributed by atoms with van der Waals surface area (Å²) in [5.74, 6) is -0.226. The lowest BCUT2D eigenvalue weighted by Gasteiger charge is -2.49. The van der Waals surface area contributed by atoms with Crippen LogP contribution in [0, 0.1) is 5.92 Å². The first-order valence-corrected chi connectivity index (χ1v) is 9.21. The summed E-state index contributed by atoms with van der Waals surface area (Å²) in [7, 11) is 3.61. The van der Waals surface area contributed by atoms with E-state index in [1.54, 1.807) is 14.2 Å². The molecule has 0 spiro atoms. The van der Waals surface area contributed by atoms with Crippen molar-refractivity contribution in [3.63, 3.8) is 0 Å². The van der Waals surface area contributed by atoms with E-state index in [2.05, 4.69) is 35.2 Å². The van der Waals surface area contributed by atoms with Crippen molar-refractivity contribution >= 4 is 0 Å². The Balaban J connectivity index is 1.92. The lowest BCUT2D eigenvalue weighted by molar-refractivity contribution is -0.266. The zero-order valence-electron chi connectivity index (χ0n) is 14.7. The van der Waals surface area contributed by atoms with Crippen molar-refractivity contribution in [2.24, 2.45) is 5.92 Å². The van der Waals surface area contributed by atoms with Crippen LogP contribution in [0.25, 0.3) is 0 Å². The molecule has 23 heavy (non-hydrogen) atoms. The van der Waals surface area contributed by atoms with Crippen LogP contribution < -0.4 is 0 Å². The highest BCUT2D eigenvalue weighted by Crippen LogP contribution is 2.44. The zero-order valence-corrected chi connectivity index (χ0v) is 14.7. The minimum atomic E-state index is -0.621. The van der Waals surface area contributed by atoms with Crippen LogP contribution in [0.3, 0.4) is 0 Å². The van der Waals surface area contributed by atoms with Gasteiger partial charge in [0.15, 0.2) is 5.79 Å². The van der Waals surface area contributed by atoms with E-state index in [1.165, 1.54) is 58.0 Å². The van der Waals surface area contributed by atoms with Crippen molar-refractivity contribution in [2.75, 3.05) is 27.3 Å². The monoisotopic (exact) mass is 317 g/mol. The minimum Gasteiger partial charge on any atom is -0.349 e. The van der Waals surface area contributed by atoms with Crippen molar-refractivity contribution < 1.29 is 9.47 Å². The Bertz CT molecular complexity index is 466. The molecule has 3 rings (SSSR count). The summed E-state index contributed by atoms with van der Waals surface area (Å²) in [5, 5.41) is 0. The fraction of sp³-hybridized carbons (Fsp3) is 0.700. The third-order valence-electron chi connectivity index (χ3n) is 5.86. The van der Waals surface area contributed by atoms with Gasteiger partial charge in [0.1, 0.15) is 0 Å². The van der Waals surface area contributed by atoms with Gasteiger partial charge in [0.2, 0.25) is 0 Å². The van der Waals surface area contributed by atoms with E-state index in [-0.39, 0.29) is 0 Å². The molecular formula is C20H31NO2. The van der Waals surface area contributed by atoms with Gasteiger partial charge in [-0.2, -0.15) is 0 Å². The van der Waals surface area contributed by atoms with Gasteiger partial charge in [-0.25, -0.2) is 0 Å². The second-order valence-electron chi connectivity index (χ2n) is 7.00. The zero-order chi connectivity index (χ0) is 16.1. The number of hydrogen-bond donors (Lipinski definition) is 0. The maximum absolute atomic E-state index is 6.08. The molecule has 0 aromatic heterocycles. The fourth-order valence-corrected chi connectivity index (χ4v) is 4.75. The lowest BCUT2D eigenvalue weighted by atomic mass is 9.75. The maximum atomic E-state index is 6.08. The van der Waals surface area contributed by atoms with E-state index >= 15 is 0 Å². The number of ether oxygens (including phenoxy) is 2. The molecule has 0 bridgehead atoms. The maximum Gasteiger partial charge on any atom is 0.198 e. The number of nitrogens with zero attached hydrogens (tertiary/aromatic N) is 1. The first kappa shape index (κ1) is 16.9. The normalized spacial score (nSPS) is 27.0. The summed E-state index contributed by atoms with van der Waals surface area (Å²) in [5.41, 5.74) is 1.15. The van der Waals surface area contributed by atoms with E-state index in [9.17, 15) is 0 Å².